The molecule has 0 spiro atoms. The first-order valence-corrected chi connectivity index (χ1v) is 4.71. The lowest BCUT2D eigenvalue weighted by Gasteiger charge is -2.08. The molecule has 0 radical (unpaired) electrons. The molecule has 0 aliphatic rings. The topological polar surface area (TPSA) is 106 Å². The summed E-state index contributed by atoms with van der Waals surface area (Å²) in [4.78, 5) is 15.0. The largest absolute Gasteiger partial charge is 0.391 e. The van der Waals surface area contributed by atoms with Gasteiger partial charge in [-0.05, 0) is 6.42 Å². The number of nitrogens with two attached hydrogens (primary N) is 1. The molecule has 15 heavy (non-hydrogen) atoms. The average Bonchev–Trinajstić information content (AvgIpc) is 2.60. The summed E-state index contributed by atoms with van der Waals surface area (Å²) in [6, 6.07) is 0. The monoisotopic (exact) mass is 213 g/mol. The molecule has 1 aromatic rings. The average molecular weight is 213 g/mol. The number of carbonyl (C=O) groups is 1. The predicted octanol–water partition coefficient (Wildman–Crippen LogP) is -1.25. The molecule has 1 amide bonds. The molecule has 0 aromatic carbocycles. The zero-order chi connectivity index (χ0) is 11.3. The standard InChI is InChI=1S/C8H15N5O2/c1-2-6(14)3-10-7(15)4-13-5-11-8(9)12-13/h5-6,14H,2-4H2,1H3,(H2,9,12)(H,10,15). The molecule has 0 fully saturated rings. The number of aliphatic hydroxyl groups is 1. The Morgan fingerprint density at radius 2 is 2.53 bits per heavy atom. The summed E-state index contributed by atoms with van der Waals surface area (Å²) in [6.45, 7) is 2.15. The fraction of sp³-hybridized carbons (Fsp3) is 0.625. The van der Waals surface area contributed by atoms with Crippen LogP contribution in [0.25, 0.3) is 0 Å². The Kier molecular flexibility index (Phi) is 4.04. The molecule has 1 unspecified atom stereocenters. The van der Waals surface area contributed by atoms with Crippen LogP contribution in [0.1, 0.15) is 13.3 Å². The highest BCUT2D eigenvalue weighted by atomic mass is 16.3. The summed E-state index contributed by atoms with van der Waals surface area (Å²) >= 11 is 0. The molecule has 0 aliphatic heterocycles. The Bertz CT molecular complexity index is 325. The third-order valence-electron chi connectivity index (χ3n) is 1.87. The van der Waals surface area contributed by atoms with Crippen LogP contribution in [0.3, 0.4) is 0 Å². The number of hydrogen-bond acceptors (Lipinski definition) is 5. The van der Waals surface area contributed by atoms with Crippen molar-refractivity contribution in [3.8, 4) is 0 Å². The van der Waals surface area contributed by atoms with E-state index in [1.165, 1.54) is 11.0 Å². The van der Waals surface area contributed by atoms with Crippen molar-refractivity contribution in [2.75, 3.05) is 12.3 Å². The number of carbonyl (C=O) groups excluding carboxylic acids is 1. The highest BCUT2D eigenvalue weighted by Crippen LogP contribution is 1.90. The lowest BCUT2D eigenvalue weighted by molar-refractivity contribution is -0.122. The SMILES string of the molecule is CCC(O)CNC(=O)Cn1cnc(N)n1. The van der Waals surface area contributed by atoms with Crippen molar-refractivity contribution in [2.24, 2.45) is 0 Å². The van der Waals surface area contributed by atoms with E-state index in [1.54, 1.807) is 0 Å². The van der Waals surface area contributed by atoms with Crippen LogP contribution in [0.4, 0.5) is 5.95 Å². The Balaban J connectivity index is 2.30. The molecule has 1 atom stereocenters. The van der Waals surface area contributed by atoms with Gasteiger partial charge < -0.3 is 16.2 Å². The van der Waals surface area contributed by atoms with Gasteiger partial charge >= 0.3 is 0 Å². The van der Waals surface area contributed by atoms with Crippen LogP contribution in [0.5, 0.6) is 0 Å². The van der Waals surface area contributed by atoms with Gasteiger partial charge in [0.15, 0.2) is 0 Å². The minimum Gasteiger partial charge on any atom is -0.391 e. The van der Waals surface area contributed by atoms with E-state index in [0.717, 1.165) is 0 Å². The number of aliphatic hydroxyl groups excluding tert-OH is 1. The molecule has 0 bridgehead atoms. The lowest BCUT2D eigenvalue weighted by Crippen LogP contribution is -2.34. The quantitative estimate of drug-likeness (QED) is 0.566. The number of rotatable bonds is 5. The van der Waals surface area contributed by atoms with Gasteiger partial charge in [-0.3, -0.25) is 4.79 Å². The molecular weight excluding hydrogens is 198 g/mol. The van der Waals surface area contributed by atoms with E-state index >= 15 is 0 Å². The lowest BCUT2D eigenvalue weighted by atomic mass is 10.3. The Morgan fingerprint density at radius 1 is 1.80 bits per heavy atom. The van der Waals surface area contributed by atoms with Gasteiger partial charge in [0.25, 0.3) is 0 Å². The number of nitrogens with one attached hydrogen (secondary N) is 1. The van der Waals surface area contributed by atoms with E-state index in [1.807, 2.05) is 6.92 Å². The minimum absolute atomic E-state index is 0.0562. The number of nitrogen functional groups attached to an aromatic ring is 1. The van der Waals surface area contributed by atoms with Gasteiger partial charge in [-0.1, -0.05) is 6.92 Å². The summed E-state index contributed by atoms with van der Waals surface area (Å²) < 4.78 is 1.34. The van der Waals surface area contributed by atoms with Crippen molar-refractivity contribution in [1.82, 2.24) is 20.1 Å². The third kappa shape index (κ3) is 3.94. The summed E-state index contributed by atoms with van der Waals surface area (Å²) in [5.74, 6) is -0.0937. The van der Waals surface area contributed by atoms with Crippen molar-refractivity contribution < 1.29 is 9.90 Å². The van der Waals surface area contributed by atoms with Crippen LogP contribution in [0.15, 0.2) is 6.33 Å². The molecule has 1 heterocycles. The fourth-order valence-corrected chi connectivity index (χ4v) is 0.964. The van der Waals surface area contributed by atoms with Gasteiger partial charge in [0, 0.05) is 6.54 Å². The summed E-state index contributed by atoms with van der Waals surface area (Å²) in [7, 11) is 0. The van der Waals surface area contributed by atoms with Crippen molar-refractivity contribution >= 4 is 11.9 Å². The van der Waals surface area contributed by atoms with E-state index in [0.29, 0.717) is 6.42 Å². The van der Waals surface area contributed by atoms with E-state index in [-0.39, 0.29) is 24.9 Å². The van der Waals surface area contributed by atoms with Crippen molar-refractivity contribution in [1.29, 1.82) is 0 Å². The molecule has 1 aromatic heterocycles. The van der Waals surface area contributed by atoms with Gasteiger partial charge in [0.2, 0.25) is 11.9 Å². The second-order valence-corrected chi connectivity index (χ2v) is 3.17. The van der Waals surface area contributed by atoms with E-state index < -0.39 is 6.10 Å². The predicted molar refractivity (Wildman–Crippen MR) is 53.7 cm³/mol. The van der Waals surface area contributed by atoms with Gasteiger partial charge in [-0.25, -0.2) is 9.67 Å². The number of aromatic nitrogens is 3. The van der Waals surface area contributed by atoms with Gasteiger partial charge in [0.1, 0.15) is 12.9 Å². The second-order valence-electron chi connectivity index (χ2n) is 3.17. The minimum atomic E-state index is -0.505. The molecule has 1 rings (SSSR count). The molecular formula is C8H15N5O2. The maximum atomic E-state index is 11.3. The van der Waals surface area contributed by atoms with E-state index in [2.05, 4.69) is 15.4 Å². The molecule has 7 nitrogen and oxygen atoms in total. The molecule has 0 aliphatic carbocycles. The van der Waals surface area contributed by atoms with Crippen LogP contribution in [0.2, 0.25) is 0 Å². The van der Waals surface area contributed by atoms with E-state index in [9.17, 15) is 9.90 Å². The van der Waals surface area contributed by atoms with Crippen LogP contribution in [-0.4, -0.2) is 38.4 Å². The fourth-order valence-electron chi connectivity index (χ4n) is 0.964. The smallest absolute Gasteiger partial charge is 0.241 e. The number of amides is 1. The summed E-state index contributed by atoms with van der Waals surface area (Å²) in [6.07, 6.45) is 1.48. The first kappa shape index (κ1) is 11.4. The Hall–Kier alpha value is -1.63. The molecule has 7 heteroatoms. The van der Waals surface area contributed by atoms with Crippen LogP contribution < -0.4 is 11.1 Å². The highest BCUT2D eigenvalue weighted by Gasteiger charge is 2.06. The Labute approximate surface area is 87.3 Å². The highest BCUT2D eigenvalue weighted by molar-refractivity contribution is 5.75. The zero-order valence-corrected chi connectivity index (χ0v) is 8.55. The molecule has 0 saturated heterocycles. The molecule has 84 valence electrons. The van der Waals surface area contributed by atoms with E-state index in [4.69, 9.17) is 5.73 Å². The van der Waals surface area contributed by atoms with Crippen molar-refractivity contribution in [3.63, 3.8) is 0 Å². The third-order valence-corrected chi connectivity index (χ3v) is 1.87. The van der Waals surface area contributed by atoms with Gasteiger partial charge in [-0.15, -0.1) is 5.10 Å². The van der Waals surface area contributed by atoms with Gasteiger partial charge in [0.05, 0.1) is 6.10 Å². The maximum Gasteiger partial charge on any atom is 0.241 e. The Morgan fingerprint density at radius 3 is 3.07 bits per heavy atom. The van der Waals surface area contributed by atoms with Gasteiger partial charge in [-0.2, -0.15) is 0 Å². The van der Waals surface area contributed by atoms with Crippen molar-refractivity contribution in [2.45, 2.75) is 26.0 Å². The summed E-state index contributed by atoms with van der Waals surface area (Å²) in [5, 5.41) is 15.5. The first-order chi connectivity index (χ1) is 7.11. The van der Waals surface area contributed by atoms with Crippen LogP contribution in [-0.2, 0) is 11.3 Å². The molecule has 0 saturated carbocycles. The second kappa shape index (κ2) is 5.30. The number of hydrogen-bond donors (Lipinski definition) is 3. The van der Waals surface area contributed by atoms with Crippen molar-refractivity contribution in [3.05, 3.63) is 6.33 Å². The van der Waals surface area contributed by atoms with Crippen LogP contribution in [0, 0.1) is 0 Å². The first-order valence-electron chi connectivity index (χ1n) is 4.71. The number of nitrogens with zero attached hydrogens (tertiary/aromatic N) is 3. The summed E-state index contributed by atoms with van der Waals surface area (Å²) in [5.41, 5.74) is 5.28. The zero-order valence-electron chi connectivity index (χ0n) is 8.55. The normalized spacial score (nSPS) is 12.4. The maximum absolute atomic E-state index is 11.3. The van der Waals surface area contributed by atoms with Crippen LogP contribution >= 0.6 is 0 Å². The molecule has 4 N–H and O–H groups in total. The number of anilines is 1.